The fourth-order valence-corrected chi connectivity index (χ4v) is 2.12. The van der Waals surface area contributed by atoms with Gasteiger partial charge in [-0.05, 0) is 44.2 Å². The Balaban J connectivity index is 3.08. The minimum Gasteiger partial charge on any atom is -0.477 e. The summed E-state index contributed by atoms with van der Waals surface area (Å²) in [6.07, 6.45) is 1.92. The van der Waals surface area contributed by atoms with E-state index in [2.05, 4.69) is 13.8 Å². The molecule has 0 bridgehead atoms. The van der Waals surface area contributed by atoms with Gasteiger partial charge in [-0.2, -0.15) is 0 Å². The third-order valence-corrected chi connectivity index (χ3v) is 3.08. The average molecular weight is 251 g/mol. The number of aromatic carboxylic acids is 1. The number of aryl methyl sites for hydroxylation is 2. The van der Waals surface area contributed by atoms with E-state index in [0.29, 0.717) is 18.0 Å². The average Bonchev–Trinajstić information content (AvgIpc) is 2.21. The molecular weight excluding hydrogens is 230 g/mol. The molecule has 1 rings (SSSR count). The summed E-state index contributed by atoms with van der Waals surface area (Å²) in [4.78, 5) is 23.2. The predicted molar refractivity (Wildman–Crippen MR) is 71.2 cm³/mol. The number of carboxylic acid groups (broad SMARTS) is 1. The van der Waals surface area contributed by atoms with Crippen molar-refractivity contribution in [3.63, 3.8) is 0 Å². The van der Waals surface area contributed by atoms with E-state index in [1.807, 2.05) is 6.92 Å². The maximum atomic E-state index is 12.1. The summed E-state index contributed by atoms with van der Waals surface area (Å²) in [5.41, 5.74) is 0.866. The normalized spacial score (nSPS) is 10.9. The van der Waals surface area contributed by atoms with Crippen molar-refractivity contribution in [3.8, 4) is 0 Å². The van der Waals surface area contributed by atoms with Crippen molar-refractivity contribution in [1.82, 2.24) is 4.57 Å². The first-order chi connectivity index (χ1) is 8.34. The number of carbonyl (C=O) groups is 1. The number of nitrogens with zero attached hydrogens (tertiary/aromatic N) is 1. The van der Waals surface area contributed by atoms with E-state index in [-0.39, 0.29) is 11.1 Å². The van der Waals surface area contributed by atoms with E-state index in [0.717, 1.165) is 18.5 Å². The van der Waals surface area contributed by atoms with Gasteiger partial charge in [0.25, 0.3) is 5.56 Å². The molecule has 0 fully saturated rings. The lowest BCUT2D eigenvalue weighted by molar-refractivity contribution is 0.0693. The molecule has 0 amide bonds. The first kappa shape index (κ1) is 14.5. The molecule has 0 aliphatic carbocycles. The Bertz CT molecular complexity index is 500. The molecule has 0 saturated carbocycles. The van der Waals surface area contributed by atoms with E-state index < -0.39 is 5.97 Å². The van der Waals surface area contributed by atoms with Crippen LogP contribution in [0.4, 0.5) is 0 Å². The van der Waals surface area contributed by atoms with E-state index in [1.54, 1.807) is 17.6 Å². The predicted octanol–water partition coefficient (Wildman–Crippen LogP) is 2.60. The van der Waals surface area contributed by atoms with Gasteiger partial charge in [0, 0.05) is 12.2 Å². The zero-order valence-corrected chi connectivity index (χ0v) is 11.5. The first-order valence-corrected chi connectivity index (χ1v) is 6.29. The van der Waals surface area contributed by atoms with Crippen molar-refractivity contribution in [1.29, 1.82) is 0 Å². The van der Waals surface area contributed by atoms with E-state index in [4.69, 9.17) is 5.11 Å². The summed E-state index contributed by atoms with van der Waals surface area (Å²) < 4.78 is 1.57. The summed E-state index contributed by atoms with van der Waals surface area (Å²) in [5, 5.41) is 9.06. The Morgan fingerprint density at radius 3 is 2.50 bits per heavy atom. The summed E-state index contributed by atoms with van der Waals surface area (Å²) in [6.45, 7) is 8.36. The molecule has 0 aliphatic rings. The Hall–Kier alpha value is -1.58. The van der Waals surface area contributed by atoms with Gasteiger partial charge >= 0.3 is 5.97 Å². The molecule has 1 aromatic rings. The van der Waals surface area contributed by atoms with Gasteiger partial charge in [0.15, 0.2) is 0 Å². The second-order valence-electron chi connectivity index (χ2n) is 5.14. The summed E-state index contributed by atoms with van der Waals surface area (Å²) in [6, 6.07) is 1.76. The maximum absolute atomic E-state index is 12.1. The molecule has 0 radical (unpaired) electrons. The highest BCUT2D eigenvalue weighted by Crippen LogP contribution is 2.09. The third kappa shape index (κ3) is 3.22. The summed E-state index contributed by atoms with van der Waals surface area (Å²) in [7, 11) is 0. The molecule has 0 atom stereocenters. The second-order valence-corrected chi connectivity index (χ2v) is 5.14. The Morgan fingerprint density at radius 2 is 2.00 bits per heavy atom. The Kier molecular flexibility index (Phi) is 4.70. The van der Waals surface area contributed by atoms with Crippen molar-refractivity contribution < 1.29 is 9.90 Å². The molecule has 18 heavy (non-hydrogen) atoms. The van der Waals surface area contributed by atoms with Gasteiger partial charge < -0.3 is 9.67 Å². The van der Waals surface area contributed by atoms with Crippen LogP contribution in [0, 0.1) is 19.8 Å². The van der Waals surface area contributed by atoms with E-state index >= 15 is 0 Å². The molecule has 0 aromatic carbocycles. The number of rotatable bonds is 5. The standard InChI is InChI=1S/C14H21NO3/c1-9(2)6-5-7-15-11(4)8-10(3)12(13(15)16)14(17)18/h8-9H,5-7H2,1-4H3,(H,17,18). The van der Waals surface area contributed by atoms with Crippen LogP contribution >= 0.6 is 0 Å². The highest BCUT2D eigenvalue weighted by Gasteiger charge is 2.16. The second kappa shape index (κ2) is 5.85. The van der Waals surface area contributed by atoms with Crippen molar-refractivity contribution in [3.05, 3.63) is 33.2 Å². The molecule has 0 spiro atoms. The quantitative estimate of drug-likeness (QED) is 0.875. The minimum absolute atomic E-state index is 0.106. The molecule has 0 saturated heterocycles. The highest BCUT2D eigenvalue weighted by molar-refractivity contribution is 5.88. The molecule has 4 nitrogen and oxygen atoms in total. The van der Waals surface area contributed by atoms with Crippen LogP contribution in [-0.4, -0.2) is 15.6 Å². The Morgan fingerprint density at radius 1 is 1.39 bits per heavy atom. The third-order valence-electron chi connectivity index (χ3n) is 3.08. The maximum Gasteiger partial charge on any atom is 0.341 e. The van der Waals surface area contributed by atoms with E-state index in [9.17, 15) is 9.59 Å². The van der Waals surface area contributed by atoms with Gasteiger partial charge in [0.05, 0.1) is 0 Å². The first-order valence-electron chi connectivity index (χ1n) is 6.29. The molecule has 100 valence electrons. The van der Waals surface area contributed by atoms with Crippen molar-refractivity contribution in [2.45, 2.75) is 47.1 Å². The fourth-order valence-electron chi connectivity index (χ4n) is 2.12. The lowest BCUT2D eigenvalue weighted by Crippen LogP contribution is -2.29. The number of hydrogen-bond acceptors (Lipinski definition) is 2. The number of hydrogen-bond donors (Lipinski definition) is 1. The van der Waals surface area contributed by atoms with Crippen LogP contribution in [0.5, 0.6) is 0 Å². The highest BCUT2D eigenvalue weighted by atomic mass is 16.4. The van der Waals surface area contributed by atoms with Crippen LogP contribution in [0.2, 0.25) is 0 Å². The van der Waals surface area contributed by atoms with Gasteiger partial charge in [0.1, 0.15) is 5.56 Å². The number of pyridine rings is 1. The molecule has 0 aliphatic heterocycles. The monoisotopic (exact) mass is 251 g/mol. The molecule has 1 heterocycles. The van der Waals surface area contributed by atoms with Crippen LogP contribution in [0.15, 0.2) is 10.9 Å². The molecule has 4 heteroatoms. The van der Waals surface area contributed by atoms with Gasteiger partial charge in [-0.15, -0.1) is 0 Å². The van der Waals surface area contributed by atoms with Crippen LogP contribution < -0.4 is 5.56 Å². The van der Waals surface area contributed by atoms with Crippen LogP contribution in [0.3, 0.4) is 0 Å². The smallest absolute Gasteiger partial charge is 0.341 e. The van der Waals surface area contributed by atoms with Gasteiger partial charge in [0.2, 0.25) is 0 Å². The van der Waals surface area contributed by atoms with Crippen molar-refractivity contribution in [2.75, 3.05) is 0 Å². The zero-order valence-electron chi connectivity index (χ0n) is 11.5. The van der Waals surface area contributed by atoms with Crippen molar-refractivity contribution in [2.24, 2.45) is 5.92 Å². The van der Waals surface area contributed by atoms with Crippen molar-refractivity contribution >= 4 is 5.97 Å². The summed E-state index contributed by atoms with van der Waals surface area (Å²) in [5.74, 6) is -0.555. The number of carboxylic acids is 1. The summed E-state index contributed by atoms with van der Waals surface area (Å²) >= 11 is 0. The largest absolute Gasteiger partial charge is 0.477 e. The topological polar surface area (TPSA) is 59.3 Å². The lowest BCUT2D eigenvalue weighted by Gasteiger charge is -2.13. The fraction of sp³-hybridized carbons (Fsp3) is 0.571. The van der Waals surface area contributed by atoms with Gasteiger partial charge in [-0.1, -0.05) is 13.8 Å². The molecule has 1 aromatic heterocycles. The lowest BCUT2D eigenvalue weighted by atomic mass is 10.1. The zero-order chi connectivity index (χ0) is 13.9. The van der Waals surface area contributed by atoms with Gasteiger partial charge in [-0.25, -0.2) is 4.79 Å². The SMILES string of the molecule is Cc1cc(C)n(CCCC(C)C)c(=O)c1C(=O)O. The minimum atomic E-state index is -1.14. The van der Waals surface area contributed by atoms with Gasteiger partial charge in [-0.3, -0.25) is 4.79 Å². The van der Waals surface area contributed by atoms with E-state index in [1.165, 1.54) is 0 Å². The van der Waals surface area contributed by atoms with Crippen LogP contribution in [-0.2, 0) is 6.54 Å². The number of aromatic nitrogens is 1. The van der Waals surface area contributed by atoms with Crippen LogP contribution in [0.25, 0.3) is 0 Å². The van der Waals surface area contributed by atoms with Crippen LogP contribution in [0.1, 0.15) is 48.3 Å². The Labute approximate surface area is 107 Å². The molecular formula is C14H21NO3. The molecule has 1 N–H and O–H groups in total. The molecule has 0 unspecified atom stereocenters.